The van der Waals surface area contributed by atoms with E-state index in [-0.39, 0.29) is 18.4 Å². The van der Waals surface area contributed by atoms with Crippen molar-refractivity contribution in [2.45, 2.75) is 6.54 Å². The molecule has 0 radical (unpaired) electrons. The minimum absolute atomic E-state index is 0.0846. The predicted molar refractivity (Wildman–Crippen MR) is 93.5 cm³/mol. The Morgan fingerprint density at radius 1 is 1.12 bits per heavy atom. The summed E-state index contributed by atoms with van der Waals surface area (Å²) < 4.78 is 2.70. The maximum Gasteiger partial charge on any atom is 0.251 e. The van der Waals surface area contributed by atoms with Crippen LogP contribution in [0.2, 0.25) is 0 Å². The van der Waals surface area contributed by atoms with Crippen molar-refractivity contribution in [2.24, 2.45) is 0 Å². The first kappa shape index (κ1) is 16.2. The first-order valence-electron chi connectivity index (χ1n) is 7.35. The molecule has 0 saturated heterocycles. The summed E-state index contributed by atoms with van der Waals surface area (Å²) in [5, 5.41) is 5.33. The number of hydrogen-bond acceptors (Lipinski definition) is 3. The molecule has 3 rings (SSSR count). The van der Waals surface area contributed by atoms with Gasteiger partial charge in [-0.05, 0) is 30.3 Å². The summed E-state index contributed by atoms with van der Waals surface area (Å²) in [6, 6.07) is 12.7. The summed E-state index contributed by atoms with van der Waals surface area (Å²) in [6.07, 6.45) is 3.75. The number of halogens is 1. The molecular weight excluding hydrogens is 372 g/mol. The third kappa shape index (κ3) is 3.99. The van der Waals surface area contributed by atoms with Gasteiger partial charge >= 0.3 is 0 Å². The highest BCUT2D eigenvalue weighted by Crippen LogP contribution is 2.11. The van der Waals surface area contributed by atoms with Gasteiger partial charge in [-0.15, -0.1) is 0 Å². The van der Waals surface area contributed by atoms with Crippen LogP contribution in [0.5, 0.6) is 0 Å². The summed E-state index contributed by atoms with van der Waals surface area (Å²) >= 11 is 3.31. The van der Waals surface area contributed by atoms with Crippen molar-refractivity contribution in [3.63, 3.8) is 0 Å². The van der Waals surface area contributed by atoms with Gasteiger partial charge < -0.3 is 15.0 Å². The topological polar surface area (TPSA) is 75.5 Å². The van der Waals surface area contributed by atoms with E-state index in [4.69, 9.17) is 0 Å². The van der Waals surface area contributed by atoms with Crippen LogP contribution in [-0.2, 0) is 11.3 Å². The lowest BCUT2D eigenvalue weighted by atomic mass is 10.2. The molecule has 0 spiro atoms. The Hall–Kier alpha value is -2.67. The highest BCUT2D eigenvalue weighted by Gasteiger charge is 2.09. The van der Waals surface area contributed by atoms with Gasteiger partial charge in [0, 0.05) is 22.4 Å². The number of pyridine rings is 1. The molecule has 0 unspecified atom stereocenters. The molecule has 0 saturated carbocycles. The summed E-state index contributed by atoms with van der Waals surface area (Å²) in [7, 11) is 0. The fourth-order valence-corrected chi connectivity index (χ4v) is 2.62. The van der Waals surface area contributed by atoms with Crippen LogP contribution in [0.4, 0.5) is 0 Å². The lowest BCUT2D eigenvalue weighted by Crippen LogP contribution is -2.36. The number of nitrogens with one attached hydrogen (secondary N) is 2. The molecule has 0 aliphatic carbocycles. The fraction of sp³-hybridized carbons (Fsp3) is 0.118. The predicted octanol–water partition coefficient (Wildman–Crippen LogP) is 2.14. The van der Waals surface area contributed by atoms with Gasteiger partial charge in [-0.1, -0.05) is 28.1 Å². The zero-order valence-corrected chi connectivity index (χ0v) is 14.3. The molecule has 3 aromatic rings. The number of amides is 2. The smallest absolute Gasteiger partial charge is 0.251 e. The van der Waals surface area contributed by atoms with E-state index in [2.05, 4.69) is 31.5 Å². The molecule has 2 aromatic heterocycles. The van der Waals surface area contributed by atoms with Crippen LogP contribution in [0.15, 0.2) is 59.3 Å². The van der Waals surface area contributed by atoms with Gasteiger partial charge in [0.1, 0.15) is 5.65 Å². The molecular formula is C17H15BrN4O2. The highest BCUT2D eigenvalue weighted by atomic mass is 79.9. The Balaban J connectivity index is 1.49. The molecule has 6 nitrogen and oxygen atoms in total. The largest absolute Gasteiger partial charge is 0.349 e. The molecule has 0 fully saturated rings. The van der Waals surface area contributed by atoms with Crippen molar-refractivity contribution < 1.29 is 9.59 Å². The Morgan fingerprint density at radius 3 is 2.79 bits per heavy atom. The monoisotopic (exact) mass is 386 g/mol. The number of benzene rings is 1. The number of hydrogen-bond donors (Lipinski definition) is 2. The first-order chi connectivity index (χ1) is 11.6. The van der Waals surface area contributed by atoms with Crippen molar-refractivity contribution in [1.82, 2.24) is 20.0 Å². The molecule has 0 atom stereocenters. The van der Waals surface area contributed by atoms with E-state index in [1.54, 1.807) is 18.2 Å². The van der Waals surface area contributed by atoms with Crippen LogP contribution in [0.3, 0.4) is 0 Å². The molecule has 24 heavy (non-hydrogen) atoms. The van der Waals surface area contributed by atoms with E-state index in [1.165, 1.54) is 0 Å². The molecule has 7 heteroatoms. The van der Waals surface area contributed by atoms with Gasteiger partial charge in [0.15, 0.2) is 0 Å². The van der Waals surface area contributed by atoms with Crippen molar-refractivity contribution in [3.05, 3.63) is 70.6 Å². The molecule has 0 aliphatic rings. The van der Waals surface area contributed by atoms with Crippen LogP contribution in [-0.4, -0.2) is 27.7 Å². The van der Waals surface area contributed by atoms with E-state index in [0.29, 0.717) is 12.1 Å². The second-order valence-electron chi connectivity index (χ2n) is 5.17. The van der Waals surface area contributed by atoms with Crippen LogP contribution in [0.25, 0.3) is 5.65 Å². The van der Waals surface area contributed by atoms with Crippen LogP contribution >= 0.6 is 15.9 Å². The number of nitrogens with zero attached hydrogens (tertiary/aromatic N) is 2. The molecule has 0 bridgehead atoms. The average molecular weight is 387 g/mol. The van der Waals surface area contributed by atoms with Gasteiger partial charge in [0.2, 0.25) is 5.91 Å². The van der Waals surface area contributed by atoms with E-state index >= 15 is 0 Å². The van der Waals surface area contributed by atoms with E-state index in [9.17, 15) is 9.59 Å². The van der Waals surface area contributed by atoms with Crippen molar-refractivity contribution in [1.29, 1.82) is 0 Å². The fourth-order valence-electron chi connectivity index (χ4n) is 2.22. The first-order valence-corrected chi connectivity index (χ1v) is 8.14. The number of carbonyl (C=O) groups excluding carboxylic acids is 2. The van der Waals surface area contributed by atoms with Crippen LogP contribution in [0, 0.1) is 0 Å². The number of carbonyl (C=O) groups is 2. The van der Waals surface area contributed by atoms with Crippen molar-refractivity contribution >= 4 is 33.4 Å². The standard InChI is InChI=1S/C17H15BrN4O2/c18-13-5-3-4-12(8-13)17(24)20-10-16(23)19-9-14-11-22-7-2-1-6-15(22)21-14/h1-8,11H,9-10H2,(H,19,23)(H,20,24). The summed E-state index contributed by atoms with van der Waals surface area (Å²) in [5.74, 6) is -0.561. The Morgan fingerprint density at radius 2 is 2.00 bits per heavy atom. The van der Waals surface area contributed by atoms with E-state index in [0.717, 1.165) is 15.8 Å². The van der Waals surface area contributed by atoms with Crippen LogP contribution in [0.1, 0.15) is 16.1 Å². The minimum atomic E-state index is -0.292. The molecule has 2 heterocycles. The van der Waals surface area contributed by atoms with Crippen LogP contribution < -0.4 is 10.6 Å². The van der Waals surface area contributed by atoms with E-state index in [1.807, 2.05) is 41.1 Å². The number of rotatable bonds is 5. The molecule has 2 amide bonds. The Kier molecular flexibility index (Phi) is 4.90. The zero-order chi connectivity index (χ0) is 16.9. The SMILES string of the molecule is O=C(CNC(=O)c1cccc(Br)c1)NCc1cn2ccccc2n1. The third-order valence-electron chi connectivity index (χ3n) is 3.38. The second-order valence-corrected chi connectivity index (χ2v) is 6.08. The molecule has 2 N–H and O–H groups in total. The normalized spacial score (nSPS) is 10.5. The van der Waals surface area contributed by atoms with Gasteiger partial charge in [-0.3, -0.25) is 9.59 Å². The highest BCUT2D eigenvalue weighted by molar-refractivity contribution is 9.10. The maximum absolute atomic E-state index is 12.0. The average Bonchev–Trinajstić information content (AvgIpc) is 3.00. The lowest BCUT2D eigenvalue weighted by molar-refractivity contribution is -0.120. The van der Waals surface area contributed by atoms with Crippen molar-refractivity contribution in [3.8, 4) is 0 Å². The van der Waals surface area contributed by atoms with E-state index < -0.39 is 0 Å². The lowest BCUT2D eigenvalue weighted by Gasteiger charge is -2.06. The maximum atomic E-state index is 12.0. The molecule has 0 aliphatic heterocycles. The number of aromatic nitrogens is 2. The minimum Gasteiger partial charge on any atom is -0.349 e. The van der Waals surface area contributed by atoms with Gasteiger partial charge in [-0.25, -0.2) is 4.98 Å². The number of imidazole rings is 1. The van der Waals surface area contributed by atoms with Gasteiger partial charge in [0.05, 0.1) is 18.8 Å². The third-order valence-corrected chi connectivity index (χ3v) is 3.87. The summed E-state index contributed by atoms with van der Waals surface area (Å²) in [4.78, 5) is 28.2. The molecule has 122 valence electrons. The number of fused-ring (bicyclic) bond motifs is 1. The second kappa shape index (κ2) is 7.27. The summed E-state index contributed by atoms with van der Waals surface area (Å²) in [6.45, 7) is 0.228. The quantitative estimate of drug-likeness (QED) is 0.705. The van der Waals surface area contributed by atoms with Crippen molar-refractivity contribution in [2.75, 3.05) is 6.54 Å². The molecule has 1 aromatic carbocycles. The summed E-state index contributed by atoms with van der Waals surface area (Å²) in [5.41, 5.74) is 2.08. The Bertz CT molecular complexity index is 858. The Labute approximate surface area is 147 Å². The van der Waals surface area contributed by atoms with Gasteiger partial charge in [0.25, 0.3) is 5.91 Å². The van der Waals surface area contributed by atoms with Gasteiger partial charge in [-0.2, -0.15) is 0 Å². The zero-order valence-electron chi connectivity index (χ0n) is 12.7.